The minimum atomic E-state index is -0.523. The van der Waals surface area contributed by atoms with Crippen molar-refractivity contribution >= 4 is 27.9 Å². The number of benzene rings is 2. The first-order valence-electron chi connectivity index (χ1n) is 12.5. The lowest BCUT2D eigenvalue weighted by Crippen LogP contribution is -2.43. The molecule has 0 unspecified atom stereocenters. The molecule has 8 nitrogen and oxygen atoms in total. The van der Waals surface area contributed by atoms with Crippen LogP contribution in [0.4, 0.5) is 4.79 Å². The second kappa shape index (κ2) is 8.76. The van der Waals surface area contributed by atoms with Gasteiger partial charge in [0.1, 0.15) is 11.4 Å². The van der Waals surface area contributed by atoms with Crippen LogP contribution in [0.3, 0.4) is 0 Å². The second-order valence-corrected chi connectivity index (χ2v) is 10.8. The molecule has 2 aromatic heterocycles. The lowest BCUT2D eigenvalue weighted by Gasteiger charge is -2.34. The number of ether oxygens (including phenoxy) is 1. The van der Waals surface area contributed by atoms with E-state index in [2.05, 4.69) is 24.2 Å². The highest BCUT2D eigenvalue weighted by Crippen LogP contribution is 2.29. The first kappa shape index (κ1) is 24.0. The molecule has 0 saturated carbocycles. The monoisotopic (exact) mass is 487 g/mol. The molecule has 0 atom stereocenters. The Balaban J connectivity index is 1.43. The van der Waals surface area contributed by atoms with E-state index in [1.54, 1.807) is 9.47 Å². The zero-order valence-corrected chi connectivity index (χ0v) is 21.8. The van der Waals surface area contributed by atoms with Crippen LogP contribution in [0.2, 0.25) is 0 Å². The smallest absolute Gasteiger partial charge is 0.410 e. The molecule has 5 rings (SSSR count). The number of piperidine rings is 1. The number of fused-ring (bicyclic) bond motifs is 2. The molecule has 0 N–H and O–H groups in total. The Morgan fingerprint density at radius 1 is 1.06 bits per heavy atom. The molecule has 1 saturated heterocycles. The third-order valence-electron chi connectivity index (χ3n) is 6.81. The van der Waals surface area contributed by atoms with Crippen LogP contribution in [0.1, 0.15) is 51.0 Å². The number of likely N-dealkylation sites (tertiary alicyclic amines) is 1. The van der Waals surface area contributed by atoms with E-state index in [0.717, 1.165) is 27.6 Å². The van der Waals surface area contributed by atoms with Crippen molar-refractivity contribution in [2.45, 2.75) is 59.1 Å². The maximum absolute atomic E-state index is 13.5. The van der Waals surface area contributed by atoms with Crippen molar-refractivity contribution in [1.82, 2.24) is 24.2 Å². The molecule has 2 aromatic carbocycles. The first-order valence-corrected chi connectivity index (χ1v) is 12.5. The quantitative estimate of drug-likeness (QED) is 0.391. The molecule has 4 aromatic rings. The van der Waals surface area contributed by atoms with Crippen LogP contribution in [0, 0.1) is 13.8 Å². The number of carbonyl (C=O) groups is 1. The summed E-state index contributed by atoms with van der Waals surface area (Å²) in [6.07, 6.45) is 3.10. The van der Waals surface area contributed by atoms with Gasteiger partial charge in [-0.15, -0.1) is 0 Å². The van der Waals surface area contributed by atoms with Gasteiger partial charge >= 0.3 is 6.09 Å². The molecule has 0 radical (unpaired) electrons. The molecular formula is C28H33N5O3. The maximum Gasteiger partial charge on any atom is 0.410 e. The zero-order chi connectivity index (χ0) is 25.8. The Morgan fingerprint density at radius 3 is 2.47 bits per heavy atom. The summed E-state index contributed by atoms with van der Waals surface area (Å²) in [7, 11) is 1.92. The van der Waals surface area contributed by atoms with Gasteiger partial charge < -0.3 is 9.64 Å². The predicted octanol–water partition coefficient (Wildman–Crippen LogP) is 5.14. The zero-order valence-electron chi connectivity index (χ0n) is 21.8. The summed E-state index contributed by atoms with van der Waals surface area (Å²) < 4.78 is 9.14. The number of aromatic nitrogens is 4. The molecule has 1 aliphatic rings. The predicted molar refractivity (Wildman–Crippen MR) is 141 cm³/mol. The highest BCUT2D eigenvalue weighted by Gasteiger charge is 2.29. The summed E-state index contributed by atoms with van der Waals surface area (Å²) in [5.74, 6) is 0.694. The summed E-state index contributed by atoms with van der Waals surface area (Å²) in [5, 5.41) is 6.23. The van der Waals surface area contributed by atoms with Crippen molar-refractivity contribution in [2.24, 2.45) is 7.05 Å². The largest absolute Gasteiger partial charge is 0.444 e. The number of amides is 1. The average Bonchev–Trinajstić information content (AvgIpc) is 3.19. The Kier molecular flexibility index (Phi) is 5.85. The van der Waals surface area contributed by atoms with Crippen molar-refractivity contribution in [3.63, 3.8) is 0 Å². The van der Waals surface area contributed by atoms with Crippen molar-refractivity contribution < 1.29 is 9.53 Å². The van der Waals surface area contributed by atoms with Crippen molar-refractivity contribution in [1.29, 1.82) is 0 Å². The van der Waals surface area contributed by atoms with E-state index in [1.165, 1.54) is 0 Å². The molecule has 188 valence electrons. The standard InChI is InChI=1S/C28H33N5O3/c1-17-13-20(14-21-16-31(6)30-25(17)21)19-7-8-23-24(15-19)29-18(2)33(26(23)34)22-9-11-32(12-10-22)27(35)36-28(3,4)5/h7-8,13-16,22H,9-12H2,1-6H3. The Labute approximate surface area is 210 Å². The lowest BCUT2D eigenvalue weighted by atomic mass is 9.99. The highest BCUT2D eigenvalue weighted by molar-refractivity contribution is 5.89. The van der Waals surface area contributed by atoms with Crippen LogP contribution < -0.4 is 5.56 Å². The van der Waals surface area contributed by atoms with Gasteiger partial charge in [-0.25, -0.2) is 9.78 Å². The molecule has 3 heterocycles. The minimum absolute atomic E-state index is 0.00315. The second-order valence-electron chi connectivity index (χ2n) is 10.8. The molecule has 0 aliphatic carbocycles. The highest BCUT2D eigenvalue weighted by atomic mass is 16.6. The van der Waals surface area contributed by atoms with Gasteiger partial charge in [0.25, 0.3) is 5.56 Å². The van der Waals surface area contributed by atoms with Crippen LogP contribution in [-0.4, -0.2) is 49.0 Å². The van der Waals surface area contributed by atoms with E-state index >= 15 is 0 Å². The lowest BCUT2D eigenvalue weighted by molar-refractivity contribution is 0.0187. The molecule has 1 fully saturated rings. The normalized spacial score (nSPS) is 15.1. The number of rotatable bonds is 2. The van der Waals surface area contributed by atoms with Gasteiger partial charge in [0, 0.05) is 37.8 Å². The third-order valence-corrected chi connectivity index (χ3v) is 6.81. The number of nitrogens with zero attached hydrogens (tertiary/aromatic N) is 5. The summed E-state index contributed by atoms with van der Waals surface area (Å²) in [6, 6.07) is 10.1. The summed E-state index contributed by atoms with van der Waals surface area (Å²) in [4.78, 5) is 32.5. The topological polar surface area (TPSA) is 82.3 Å². The molecule has 0 spiro atoms. The molecule has 8 heteroatoms. The Bertz CT molecular complexity index is 1540. The van der Waals surface area contributed by atoms with Gasteiger partial charge in [0.2, 0.25) is 0 Å². The average molecular weight is 488 g/mol. The molecule has 1 amide bonds. The van der Waals surface area contributed by atoms with E-state index in [0.29, 0.717) is 42.7 Å². The van der Waals surface area contributed by atoms with Gasteiger partial charge in [0.15, 0.2) is 0 Å². The van der Waals surface area contributed by atoms with Gasteiger partial charge in [-0.05, 0) is 88.4 Å². The number of hydrogen-bond acceptors (Lipinski definition) is 5. The Hall–Kier alpha value is -3.68. The summed E-state index contributed by atoms with van der Waals surface area (Å²) >= 11 is 0. The van der Waals surface area contributed by atoms with Gasteiger partial charge in [-0.2, -0.15) is 5.10 Å². The molecule has 36 heavy (non-hydrogen) atoms. The summed E-state index contributed by atoms with van der Waals surface area (Å²) in [6.45, 7) is 10.7. The van der Waals surface area contributed by atoms with Gasteiger partial charge in [-0.1, -0.05) is 6.07 Å². The number of hydrogen-bond donors (Lipinski definition) is 0. The Morgan fingerprint density at radius 2 is 1.78 bits per heavy atom. The number of carbonyl (C=O) groups excluding carboxylic acids is 1. The number of aryl methyl sites for hydroxylation is 3. The molecule has 1 aliphatic heterocycles. The fourth-order valence-electron chi connectivity index (χ4n) is 5.15. The van der Waals surface area contributed by atoms with E-state index in [4.69, 9.17) is 9.72 Å². The van der Waals surface area contributed by atoms with Crippen molar-refractivity contribution in [2.75, 3.05) is 13.1 Å². The summed E-state index contributed by atoms with van der Waals surface area (Å²) in [5.41, 5.74) is 4.35. The molecular weight excluding hydrogens is 454 g/mol. The fraction of sp³-hybridized carbons (Fsp3) is 0.429. The van der Waals surface area contributed by atoms with Crippen molar-refractivity contribution in [3.05, 3.63) is 58.3 Å². The van der Waals surface area contributed by atoms with Crippen LogP contribution in [0.15, 0.2) is 41.3 Å². The SMILES string of the molecule is Cc1cc(-c2ccc3c(=O)n(C4CCN(C(=O)OC(C)(C)C)CC4)c(C)nc3c2)cc2cn(C)nc12. The van der Waals surface area contributed by atoms with E-state index in [-0.39, 0.29) is 17.7 Å². The van der Waals surface area contributed by atoms with Crippen LogP contribution in [-0.2, 0) is 11.8 Å². The van der Waals surface area contributed by atoms with Crippen LogP contribution in [0.5, 0.6) is 0 Å². The first-order chi connectivity index (χ1) is 17.0. The van der Waals surface area contributed by atoms with Gasteiger partial charge in [-0.3, -0.25) is 14.0 Å². The third kappa shape index (κ3) is 4.47. The van der Waals surface area contributed by atoms with E-state index in [1.807, 2.05) is 63.8 Å². The van der Waals surface area contributed by atoms with Crippen LogP contribution >= 0.6 is 0 Å². The van der Waals surface area contributed by atoms with Crippen LogP contribution in [0.25, 0.3) is 32.9 Å². The van der Waals surface area contributed by atoms with E-state index < -0.39 is 5.60 Å². The molecule has 0 bridgehead atoms. The fourth-order valence-corrected chi connectivity index (χ4v) is 5.15. The van der Waals surface area contributed by atoms with Gasteiger partial charge in [0.05, 0.1) is 16.4 Å². The maximum atomic E-state index is 13.5. The van der Waals surface area contributed by atoms with Crippen molar-refractivity contribution in [3.8, 4) is 11.1 Å². The van der Waals surface area contributed by atoms with E-state index in [9.17, 15) is 9.59 Å². The minimum Gasteiger partial charge on any atom is -0.444 e.